The number of amides is 1. The first-order valence-electron chi connectivity index (χ1n) is 7.02. The Balaban J connectivity index is 1.78. The first-order chi connectivity index (χ1) is 10.8. The molecule has 0 saturated carbocycles. The van der Waals surface area contributed by atoms with Crippen molar-refractivity contribution in [3.63, 3.8) is 0 Å². The van der Waals surface area contributed by atoms with Crippen LogP contribution in [0.4, 0.5) is 0 Å². The largest absolute Gasteiger partial charge is 0.348 e. The summed E-state index contributed by atoms with van der Waals surface area (Å²) in [4.78, 5) is 20.6. The first-order valence-corrected chi connectivity index (χ1v) is 7.02. The van der Waals surface area contributed by atoms with E-state index in [4.69, 9.17) is 0 Å². The Morgan fingerprint density at radius 3 is 2.45 bits per heavy atom. The van der Waals surface area contributed by atoms with Gasteiger partial charge in [0, 0.05) is 36.3 Å². The number of hydrogen-bond donors (Lipinski definition) is 1. The van der Waals surface area contributed by atoms with Crippen molar-refractivity contribution >= 4 is 5.91 Å². The maximum absolute atomic E-state index is 12.1. The molecule has 0 aliphatic rings. The second kappa shape index (κ2) is 6.63. The highest BCUT2D eigenvalue weighted by molar-refractivity contribution is 5.94. The van der Waals surface area contributed by atoms with Crippen molar-refractivity contribution in [2.45, 2.75) is 6.54 Å². The van der Waals surface area contributed by atoms with Gasteiger partial charge in [-0.2, -0.15) is 0 Å². The molecule has 2 heterocycles. The van der Waals surface area contributed by atoms with E-state index in [0.717, 1.165) is 16.8 Å². The average Bonchev–Trinajstić information content (AvgIpc) is 2.61. The Morgan fingerprint density at radius 1 is 0.909 bits per heavy atom. The highest BCUT2D eigenvalue weighted by Crippen LogP contribution is 2.20. The van der Waals surface area contributed by atoms with E-state index in [2.05, 4.69) is 15.3 Å². The maximum atomic E-state index is 12.1. The van der Waals surface area contributed by atoms with Gasteiger partial charge in [-0.3, -0.25) is 14.8 Å². The number of carbonyl (C=O) groups is 1. The lowest BCUT2D eigenvalue weighted by Gasteiger charge is -2.10. The lowest BCUT2D eigenvalue weighted by atomic mass is 10.1. The molecule has 3 aromatic rings. The number of pyridine rings is 2. The molecule has 0 spiro atoms. The number of benzene rings is 1. The zero-order chi connectivity index (χ0) is 15.2. The molecular formula is C18H15N3O. The van der Waals surface area contributed by atoms with E-state index in [9.17, 15) is 4.79 Å². The van der Waals surface area contributed by atoms with Crippen LogP contribution < -0.4 is 5.32 Å². The fraction of sp³-hybridized carbons (Fsp3) is 0.0556. The summed E-state index contributed by atoms with van der Waals surface area (Å²) in [7, 11) is 0. The number of rotatable bonds is 4. The second-order valence-electron chi connectivity index (χ2n) is 4.80. The van der Waals surface area contributed by atoms with Crippen LogP contribution in [0.5, 0.6) is 0 Å². The topological polar surface area (TPSA) is 54.9 Å². The quantitative estimate of drug-likeness (QED) is 0.803. The minimum Gasteiger partial charge on any atom is -0.348 e. The molecule has 22 heavy (non-hydrogen) atoms. The van der Waals surface area contributed by atoms with Crippen LogP contribution in [-0.2, 0) is 6.54 Å². The minimum absolute atomic E-state index is 0.0925. The molecule has 4 heteroatoms. The second-order valence-corrected chi connectivity index (χ2v) is 4.80. The predicted octanol–water partition coefficient (Wildman–Crippen LogP) is 3.07. The van der Waals surface area contributed by atoms with Crippen molar-refractivity contribution in [3.8, 4) is 11.3 Å². The zero-order valence-corrected chi connectivity index (χ0v) is 11.9. The highest BCUT2D eigenvalue weighted by Gasteiger charge is 2.08. The lowest BCUT2D eigenvalue weighted by Crippen LogP contribution is -2.23. The molecule has 1 amide bonds. The van der Waals surface area contributed by atoms with E-state index in [1.54, 1.807) is 30.7 Å². The third-order valence-electron chi connectivity index (χ3n) is 3.32. The molecule has 1 N–H and O–H groups in total. The van der Waals surface area contributed by atoms with Gasteiger partial charge < -0.3 is 5.32 Å². The SMILES string of the molecule is O=C(NCc1cccnc1-c1ccncc1)c1ccccc1. The van der Waals surface area contributed by atoms with E-state index < -0.39 is 0 Å². The first kappa shape index (κ1) is 13.9. The van der Waals surface area contributed by atoms with Crippen molar-refractivity contribution in [2.24, 2.45) is 0 Å². The number of nitrogens with one attached hydrogen (secondary N) is 1. The molecule has 0 radical (unpaired) electrons. The number of carbonyl (C=O) groups excluding carboxylic acids is 1. The van der Waals surface area contributed by atoms with Gasteiger partial charge in [-0.25, -0.2) is 0 Å². The molecule has 108 valence electrons. The number of nitrogens with zero attached hydrogens (tertiary/aromatic N) is 2. The number of hydrogen-bond acceptors (Lipinski definition) is 3. The maximum Gasteiger partial charge on any atom is 0.251 e. The van der Waals surface area contributed by atoms with Crippen molar-refractivity contribution < 1.29 is 4.79 Å². The molecule has 0 atom stereocenters. The summed E-state index contributed by atoms with van der Waals surface area (Å²) < 4.78 is 0. The Labute approximate surface area is 128 Å². The van der Waals surface area contributed by atoms with Gasteiger partial charge in [0.15, 0.2) is 0 Å². The summed E-state index contributed by atoms with van der Waals surface area (Å²) in [6, 6.07) is 16.8. The normalized spacial score (nSPS) is 10.2. The van der Waals surface area contributed by atoms with E-state index >= 15 is 0 Å². The lowest BCUT2D eigenvalue weighted by molar-refractivity contribution is 0.0951. The monoisotopic (exact) mass is 289 g/mol. The third-order valence-corrected chi connectivity index (χ3v) is 3.32. The molecule has 0 fully saturated rings. The van der Waals surface area contributed by atoms with Gasteiger partial charge in [-0.05, 0) is 35.9 Å². The van der Waals surface area contributed by atoms with Gasteiger partial charge in [0.25, 0.3) is 5.91 Å². The minimum atomic E-state index is -0.0925. The van der Waals surface area contributed by atoms with Gasteiger partial charge in [-0.1, -0.05) is 24.3 Å². The van der Waals surface area contributed by atoms with Gasteiger partial charge >= 0.3 is 0 Å². The molecule has 4 nitrogen and oxygen atoms in total. The molecule has 0 unspecified atom stereocenters. The Kier molecular flexibility index (Phi) is 4.20. The standard InChI is InChI=1S/C18H15N3O/c22-18(15-5-2-1-3-6-15)21-13-16-7-4-10-20-17(16)14-8-11-19-12-9-14/h1-12H,13H2,(H,21,22). The summed E-state index contributed by atoms with van der Waals surface area (Å²) in [5.74, 6) is -0.0925. The van der Waals surface area contributed by atoms with Gasteiger partial charge in [-0.15, -0.1) is 0 Å². The zero-order valence-electron chi connectivity index (χ0n) is 11.9. The van der Waals surface area contributed by atoms with Crippen molar-refractivity contribution in [1.82, 2.24) is 15.3 Å². The molecule has 0 aliphatic carbocycles. The molecule has 0 aliphatic heterocycles. The summed E-state index contributed by atoms with van der Waals surface area (Å²) in [6.07, 6.45) is 5.21. The molecule has 2 aromatic heterocycles. The molecule has 3 rings (SSSR count). The molecule has 1 aromatic carbocycles. The third kappa shape index (κ3) is 3.17. The van der Waals surface area contributed by atoms with Crippen LogP contribution in [-0.4, -0.2) is 15.9 Å². The van der Waals surface area contributed by atoms with E-state index in [-0.39, 0.29) is 5.91 Å². The summed E-state index contributed by atoms with van der Waals surface area (Å²) in [5, 5.41) is 2.93. The van der Waals surface area contributed by atoms with E-state index in [1.165, 1.54) is 0 Å². The van der Waals surface area contributed by atoms with Crippen LogP contribution in [0.3, 0.4) is 0 Å². The van der Waals surface area contributed by atoms with Crippen molar-refractivity contribution in [1.29, 1.82) is 0 Å². The van der Waals surface area contributed by atoms with E-state index in [0.29, 0.717) is 12.1 Å². The Hall–Kier alpha value is -3.01. The van der Waals surface area contributed by atoms with Crippen molar-refractivity contribution in [3.05, 3.63) is 84.3 Å². The average molecular weight is 289 g/mol. The smallest absolute Gasteiger partial charge is 0.251 e. The molecule has 0 saturated heterocycles. The summed E-state index contributed by atoms with van der Waals surface area (Å²) >= 11 is 0. The number of aromatic nitrogens is 2. The van der Waals surface area contributed by atoms with Crippen LogP contribution in [0.2, 0.25) is 0 Å². The summed E-state index contributed by atoms with van der Waals surface area (Å²) in [5.41, 5.74) is 3.47. The van der Waals surface area contributed by atoms with Crippen LogP contribution >= 0.6 is 0 Å². The van der Waals surface area contributed by atoms with Gasteiger partial charge in [0.05, 0.1) is 5.69 Å². The van der Waals surface area contributed by atoms with Crippen LogP contribution in [0, 0.1) is 0 Å². The van der Waals surface area contributed by atoms with Crippen molar-refractivity contribution in [2.75, 3.05) is 0 Å². The van der Waals surface area contributed by atoms with Gasteiger partial charge in [0.2, 0.25) is 0 Å². The molecule has 0 bridgehead atoms. The molecular weight excluding hydrogens is 274 g/mol. The highest BCUT2D eigenvalue weighted by atomic mass is 16.1. The Morgan fingerprint density at radius 2 is 1.68 bits per heavy atom. The van der Waals surface area contributed by atoms with Crippen LogP contribution in [0.25, 0.3) is 11.3 Å². The van der Waals surface area contributed by atoms with Gasteiger partial charge in [0.1, 0.15) is 0 Å². The van der Waals surface area contributed by atoms with Crippen LogP contribution in [0.1, 0.15) is 15.9 Å². The summed E-state index contributed by atoms with van der Waals surface area (Å²) in [6.45, 7) is 0.430. The van der Waals surface area contributed by atoms with E-state index in [1.807, 2.05) is 42.5 Å². The predicted molar refractivity (Wildman–Crippen MR) is 85.1 cm³/mol. The fourth-order valence-electron chi connectivity index (χ4n) is 2.22. The fourth-order valence-corrected chi connectivity index (χ4v) is 2.22. The Bertz CT molecular complexity index is 758. The van der Waals surface area contributed by atoms with Crippen LogP contribution in [0.15, 0.2) is 73.2 Å².